The summed E-state index contributed by atoms with van der Waals surface area (Å²) >= 11 is 0. The molecule has 0 radical (unpaired) electrons. The molecule has 1 aliphatic carbocycles. The number of aliphatic hydroxyl groups is 1. The summed E-state index contributed by atoms with van der Waals surface area (Å²) < 4.78 is 7.49. The lowest BCUT2D eigenvalue weighted by atomic mass is 10.1. The molecule has 2 aromatic heterocycles. The smallest absolute Gasteiger partial charge is 0.240 e. The number of aromatic nitrogens is 3. The first kappa shape index (κ1) is 15.6. The SMILES string of the molecule is CCOCc1nc2c(N)nc3c(c2n1CC(C)(C)O)=CC=C[C+]=3. The van der Waals surface area contributed by atoms with Gasteiger partial charge in [-0.2, -0.15) is 4.98 Å². The number of hydrogen-bond donors (Lipinski definition) is 2. The number of allylic oxidation sites excluding steroid dienone is 2. The van der Waals surface area contributed by atoms with Crippen LogP contribution in [0.2, 0.25) is 0 Å². The minimum absolute atomic E-state index is 0.360. The molecule has 0 spiro atoms. The Hall–Kier alpha value is -2.27. The van der Waals surface area contributed by atoms with E-state index in [0.717, 1.165) is 16.6 Å². The first-order valence-corrected chi connectivity index (χ1v) is 7.66. The van der Waals surface area contributed by atoms with E-state index in [1.165, 1.54) is 0 Å². The molecular weight excluding hydrogens is 292 g/mol. The normalized spacial score (nSPS) is 13.4. The fraction of sp³-hybridized carbons (Fsp3) is 0.412. The molecule has 0 amide bonds. The molecule has 1 aliphatic rings. The predicted octanol–water partition coefficient (Wildman–Crippen LogP) is 0.329. The fourth-order valence-corrected chi connectivity index (χ4v) is 2.70. The first-order chi connectivity index (χ1) is 10.9. The third-order valence-electron chi connectivity index (χ3n) is 3.59. The first-order valence-electron chi connectivity index (χ1n) is 7.66. The van der Waals surface area contributed by atoms with E-state index in [4.69, 9.17) is 10.5 Å². The summed E-state index contributed by atoms with van der Waals surface area (Å²) in [6.07, 6.45) is 8.78. The Morgan fingerprint density at radius 2 is 2.17 bits per heavy atom. The number of imidazole rings is 1. The van der Waals surface area contributed by atoms with Crippen molar-refractivity contribution in [2.75, 3.05) is 12.3 Å². The molecule has 0 saturated heterocycles. The van der Waals surface area contributed by atoms with Crippen molar-refractivity contribution in [3.8, 4) is 0 Å². The minimum Gasteiger partial charge on any atom is -0.389 e. The average Bonchev–Trinajstić information content (AvgIpc) is 2.83. The zero-order valence-electron chi connectivity index (χ0n) is 13.6. The lowest BCUT2D eigenvalue weighted by Crippen LogP contribution is -2.34. The van der Waals surface area contributed by atoms with E-state index in [0.29, 0.717) is 36.4 Å². The van der Waals surface area contributed by atoms with E-state index in [1.54, 1.807) is 19.9 Å². The van der Waals surface area contributed by atoms with Gasteiger partial charge in [0, 0.05) is 12.7 Å². The van der Waals surface area contributed by atoms with Crippen molar-refractivity contribution in [2.24, 2.45) is 0 Å². The summed E-state index contributed by atoms with van der Waals surface area (Å²) in [5.74, 6) is 1.09. The highest BCUT2D eigenvalue weighted by atomic mass is 16.5. The van der Waals surface area contributed by atoms with Crippen molar-refractivity contribution in [3.63, 3.8) is 0 Å². The maximum atomic E-state index is 10.3. The number of rotatable bonds is 5. The fourth-order valence-electron chi connectivity index (χ4n) is 2.70. The molecule has 2 aromatic rings. The van der Waals surface area contributed by atoms with Gasteiger partial charge in [0.15, 0.2) is 5.82 Å². The van der Waals surface area contributed by atoms with Gasteiger partial charge in [-0.1, -0.05) is 0 Å². The zero-order chi connectivity index (χ0) is 16.6. The van der Waals surface area contributed by atoms with Crippen LogP contribution < -0.4 is 16.3 Å². The average molecular weight is 313 g/mol. The van der Waals surface area contributed by atoms with Gasteiger partial charge >= 0.3 is 0 Å². The van der Waals surface area contributed by atoms with Crippen LogP contribution in [-0.2, 0) is 17.9 Å². The van der Waals surface area contributed by atoms with Crippen LogP contribution in [0.3, 0.4) is 0 Å². The third-order valence-corrected chi connectivity index (χ3v) is 3.59. The molecule has 0 unspecified atom stereocenters. The number of nitrogens with zero attached hydrogens (tertiary/aromatic N) is 3. The van der Waals surface area contributed by atoms with Crippen LogP contribution in [0.4, 0.5) is 5.82 Å². The Balaban J connectivity index is 2.33. The molecule has 6 nitrogen and oxygen atoms in total. The maximum Gasteiger partial charge on any atom is 0.240 e. The van der Waals surface area contributed by atoms with E-state index in [2.05, 4.69) is 16.0 Å². The van der Waals surface area contributed by atoms with Crippen LogP contribution in [0.1, 0.15) is 26.6 Å². The molecule has 0 aromatic carbocycles. The minimum atomic E-state index is -0.891. The van der Waals surface area contributed by atoms with Crippen molar-refractivity contribution in [1.29, 1.82) is 0 Å². The van der Waals surface area contributed by atoms with Crippen LogP contribution in [0, 0.1) is 0 Å². The molecule has 3 N–H and O–H groups in total. The molecular formula is C17H21N4O2+. The number of fused-ring (bicyclic) bond motifs is 3. The van der Waals surface area contributed by atoms with Crippen LogP contribution >= 0.6 is 0 Å². The monoisotopic (exact) mass is 313 g/mol. The molecule has 0 aliphatic heterocycles. The zero-order valence-corrected chi connectivity index (χ0v) is 13.6. The standard InChI is InChI=1S/C17H21N4O2/c1-4-23-9-13-20-14-15(21(13)10-17(2,3)22)11-7-5-6-8-12(11)19-16(14)18/h5-7,22H,4,9-10H2,1-3H3,(H2,18,19)/q+1. The third kappa shape index (κ3) is 2.97. The van der Waals surface area contributed by atoms with Gasteiger partial charge in [-0.25, -0.2) is 4.98 Å². The Kier molecular flexibility index (Phi) is 3.90. The second-order valence-corrected chi connectivity index (χ2v) is 6.19. The molecule has 3 rings (SSSR count). The van der Waals surface area contributed by atoms with Gasteiger partial charge in [-0.05, 0) is 20.8 Å². The number of anilines is 1. The summed E-state index contributed by atoms with van der Waals surface area (Å²) in [5.41, 5.74) is 6.69. The van der Waals surface area contributed by atoms with Crippen LogP contribution in [0.5, 0.6) is 0 Å². The second kappa shape index (κ2) is 5.74. The summed E-state index contributed by atoms with van der Waals surface area (Å²) in [5, 5.41) is 11.9. The summed E-state index contributed by atoms with van der Waals surface area (Å²) in [4.78, 5) is 8.99. The number of ether oxygens (including phenoxy) is 1. The number of pyridine rings is 1. The highest BCUT2D eigenvalue weighted by Crippen LogP contribution is 2.20. The largest absolute Gasteiger partial charge is 0.389 e. The van der Waals surface area contributed by atoms with Gasteiger partial charge in [0.05, 0.1) is 24.3 Å². The van der Waals surface area contributed by atoms with E-state index in [-0.39, 0.29) is 0 Å². The van der Waals surface area contributed by atoms with Gasteiger partial charge in [-0.3, -0.25) is 0 Å². The van der Waals surface area contributed by atoms with Crippen LogP contribution in [0.25, 0.3) is 23.2 Å². The molecule has 0 atom stereocenters. The second-order valence-electron chi connectivity index (χ2n) is 6.19. The number of nitrogens with two attached hydrogens (primary N) is 1. The van der Waals surface area contributed by atoms with Crippen molar-refractivity contribution >= 4 is 29.0 Å². The van der Waals surface area contributed by atoms with Crippen molar-refractivity contribution in [1.82, 2.24) is 14.5 Å². The number of hydrogen-bond acceptors (Lipinski definition) is 5. The van der Waals surface area contributed by atoms with Gasteiger partial charge in [0.1, 0.15) is 34.8 Å². The molecule has 2 heterocycles. The Labute approximate surface area is 134 Å². The maximum absolute atomic E-state index is 10.3. The van der Waals surface area contributed by atoms with Gasteiger partial charge in [0.2, 0.25) is 5.35 Å². The summed E-state index contributed by atoms with van der Waals surface area (Å²) in [7, 11) is 0. The Morgan fingerprint density at radius 3 is 2.87 bits per heavy atom. The van der Waals surface area contributed by atoms with Gasteiger partial charge in [-0.15, -0.1) is 0 Å². The highest BCUT2D eigenvalue weighted by Gasteiger charge is 2.24. The molecule has 6 heteroatoms. The summed E-state index contributed by atoms with van der Waals surface area (Å²) in [6, 6.07) is 0. The Bertz CT molecular complexity index is 888. The quantitative estimate of drug-likeness (QED) is 0.777. The van der Waals surface area contributed by atoms with Crippen molar-refractivity contribution in [2.45, 2.75) is 39.5 Å². The van der Waals surface area contributed by atoms with Crippen LogP contribution in [0.15, 0.2) is 12.2 Å². The molecule has 120 valence electrons. The predicted molar refractivity (Wildman–Crippen MR) is 89.8 cm³/mol. The molecule has 0 saturated carbocycles. The van der Waals surface area contributed by atoms with E-state index in [1.807, 2.05) is 23.6 Å². The lowest BCUT2D eigenvalue weighted by molar-refractivity contribution is 0.0581. The molecule has 23 heavy (non-hydrogen) atoms. The van der Waals surface area contributed by atoms with E-state index in [9.17, 15) is 5.11 Å². The summed E-state index contributed by atoms with van der Waals surface area (Å²) in [6.45, 7) is 6.81. The molecule has 0 bridgehead atoms. The highest BCUT2D eigenvalue weighted by molar-refractivity contribution is 5.87. The molecule has 0 fully saturated rings. The topological polar surface area (TPSA) is 86.2 Å². The van der Waals surface area contributed by atoms with E-state index >= 15 is 0 Å². The van der Waals surface area contributed by atoms with Crippen LogP contribution in [-0.4, -0.2) is 31.8 Å². The van der Waals surface area contributed by atoms with E-state index < -0.39 is 5.60 Å². The van der Waals surface area contributed by atoms with Crippen molar-refractivity contribution < 1.29 is 9.84 Å². The van der Waals surface area contributed by atoms with Crippen molar-refractivity contribution in [3.05, 3.63) is 28.5 Å². The van der Waals surface area contributed by atoms with Gasteiger partial charge in [0.25, 0.3) is 0 Å². The lowest BCUT2D eigenvalue weighted by Gasteiger charge is -2.19. The van der Waals surface area contributed by atoms with Gasteiger partial charge < -0.3 is 20.1 Å². The Morgan fingerprint density at radius 1 is 1.39 bits per heavy atom. The number of nitrogen functional groups attached to an aromatic ring is 1.